The van der Waals surface area contributed by atoms with Crippen LogP contribution >= 0.6 is 11.3 Å². The lowest BCUT2D eigenvalue weighted by atomic mass is 10.2. The molecule has 156 valence electrons. The van der Waals surface area contributed by atoms with Crippen LogP contribution in [0.4, 0.5) is 5.82 Å². The summed E-state index contributed by atoms with van der Waals surface area (Å²) >= 11 is 1.46. The van der Waals surface area contributed by atoms with Gasteiger partial charge in [-0.15, -0.1) is 11.3 Å². The van der Waals surface area contributed by atoms with E-state index in [1.807, 2.05) is 28.5 Å². The highest BCUT2D eigenvalue weighted by molar-refractivity contribution is 7.13. The van der Waals surface area contributed by atoms with Crippen LogP contribution in [-0.4, -0.2) is 63.5 Å². The summed E-state index contributed by atoms with van der Waals surface area (Å²) in [5.41, 5.74) is 1.41. The van der Waals surface area contributed by atoms with Crippen molar-refractivity contribution in [3.05, 3.63) is 48.0 Å². The van der Waals surface area contributed by atoms with Gasteiger partial charge in [-0.05, 0) is 18.1 Å². The molecule has 3 aromatic rings. The molecule has 0 radical (unpaired) electrons. The van der Waals surface area contributed by atoms with Crippen LogP contribution in [-0.2, 0) is 0 Å². The van der Waals surface area contributed by atoms with Gasteiger partial charge in [0.25, 0.3) is 5.91 Å². The minimum atomic E-state index is -0.0373. The molecule has 0 N–H and O–H groups in total. The lowest BCUT2D eigenvalue weighted by Crippen LogP contribution is -2.49. The molecule has 30 heavy (non-hydrogen) atoms. The summed E-state index contributed by atoms with van der Waals surface area (Å²) in [4.78, 5) is 34.1. The summed E-state index contributed by atoms with van der Waals surface area (Å²) in [5, 5.41) is 2.62. The first-order chi connectivity index (χ1) is 14.6. The van der Waals surface area contributed by atoms with Crippen molar-refractivity contribution >= 4 is 23.1 Å². The molecule has 3 aromatic heterocycles. The number of amides is 1. The minimum absolute atomic E-state index is 0.0373. The second kappa shape index (κ2) is 9.17. The molecular formula is C21H24N6O2S. The van der Waals surface area contributed by atoms with E-state index in [0.717, 1.165) is 16.4 Å². The van der Waals surface area contributed by atoms with E-state index in [4.69, 9.17) is 4.74 Å². The van der Waals surface area contributed by atoms with Gasteiger partial charge in [-0.1, -0.05) is 13.8 Å². The van der Waals surface area contributed by atoms with Crippen LogP contribution < -0.4 is 9.64 Å². The summed E-state index contributed by atoms with van der Waals surface area (Å²) in [5.74, 6) is 1.80. The number of pyridine rings is 1. The van der Waals surface area contributed by atoms with Gasteiger partial charge < -0.3 is 14.5 Å². The Balaban J connectivity index is 1.36. The number of carbonyl (C=O) groups is 1. The second-order valence-corrected chi connectivity index (χ2v) is 8.34. The fraction of sp³-hybridized carbons (Fsp3) is 0.381. The Bertz CT molecular complexity index is 986. The molecule has 1 amide bonds. The van der Waals surface area contributed by atoms with E-state index >= 15 is 0 Å². The van der Waals surface area contributed by atoms with Gasteiger partial charge in [-0.25, -0.2) is 15.0 Å². The molecule has 0 bridgehead atoms. The van der Waals surface area contributed by atoms with Crippen molar-refractivity contribution in [2.45, 2.75) is 13.8 Å². The predicted octanol–water partition coefficient (Wildman–Crippen LogP) is 2.99. The Kier molecular flexibility index (Phi) is 6.18. The van der Waals surface area contributed by atoms with E-state index < -0.39 is 0 Å². The summed E-state index contributed by atoms with van der Waals surface area (Å²) in [7, 11) is 0. The first kappa shape index (κ1) is 20.2. The lowest BCUT2D eigenvalue weighted by molar-refractivity contribution is 0.0741. The Hall–Kier alpha value is -3.07. The van der Waals surface area contributed by atoms with Crippen LogP contribution in [0.5, 0.6) is 5.88 Å². The zero-order chi connectivity index (χ0) is 20.9. The molecule has 0 unspecified atom stereocenters. The number of piperazine rings is 1. The summed E-state index contributed by atoms with van der Waals surface area (Å²) in [6.07, 6.45) is 5.00. The fourth-order valence-electron chi connectivity index (χ4n) is 3.13. The maximum Gasteiger partial charge on any atom is 0.273 e. The van der Waals surface area contributed by atoms with Crippen molar-refractivity contribution in [2.75, 3.05) is 37.7 Å². The molecule has 0 aliphatic carbocycles. The van der Waals surface area contributed by atoms with Gasteiger partial charge in [0.2, 0.25) is 5.88 Å². The van der Waals surface area contributed by atoms with Crippen molar-refractivity contribution in [2.24, 2.45) is 5.92 Å². The third kappa shape index (κ3) is 4.73. The van der Waals surface area contributed by atoms with Crippen molar-refractivity contribution in [3.63, 3.8) is 0 Å². The monoisotopic (exact) mass is 424 g/mol. The van der Waals surface area contributed by atoms with Crippen LogP contribution in [0.2, 0.25) is 0 Å². The van der Waals surface area contributed by atoms with E-state index in [1.165, 1.54) is 17.7 Å². The van der Waals surface area contributed by atoms with Crippen LogP contribution in [0.1, 0.15) is 24.3 Å². The molecule has 1 fully saturated rings. The molecule has 4 rings (SSSR count). The van der Waals surface area contributed by atoms with Gasteiger partial charge in [-0.3, -0.25) is 9.78 Å². The number of thiazole rings is 1. The molecule has 0 atom stereocenters. The number of rotatable bonds is 6. The minimum Gasteiger partial charge on any atom is -0.477 e. The fourth-order valence-corrected chi connectivity index (χ4v) is 3.91. The average Bonchev–Trinajstić information content (AvgIpc) is 3.28. The molecule has 1 aliphatic rings. The van der Waals surface area contributed by atoms with Crippen LogP contribution in [0.15, 0.2) is 42.3 Å². The zero-order valence-electron chi connectivity index (χ0n) is 17.1. The average molecular weight is 425 g/mol. The molecule has 1 saturated heterocycles. The molecule has 0 aromatic carbocycles. The van der Waals surface area contributed by atoms with E-state index in [0.29, 0.717) is 50.3 Å². The molecular weight excluding hydrogens is 400 g/mol. The topological polar surface area (TPSA) is 84.3 Å². The Labute approximate surface area is 179 Å². The van der Waals surface area contributed by atoms with Gasteiger partial charge in [0, 0.05) is 55.6 Å². The number of hydrogen-bond donors (Lipinski definition) is 0. The van der Waals surface area contributed by atoms with Gasteiger partial charge in [0.15, 0.2) is 0 Å². The number of anilines is 1. The van der Waals surface area contributed by atoms with Gasteiger partial charge in [0.1, 0.15) is 22.8 Å². The van der Waals surface area contributed by atoms with E-state index in [-0.39, 0.29) is 5.91 Å². The summed E-state index contributed by atoms with van der Waals surface area (Å²) in [6, 6.07) is 5.67. The second-order valence-electron chi connectivity index (χ2n) is 7.48. The summed E-state index contributed by atoms with van der Waals surface area (Å²) in [6.45, 7) is 7.45. The van der Waals surface area contributed by atoms with Crippen LogP contribution in [0.3, 0.4) is 0 Å². The maximum atomic E-state index is 12.9. The number of nitrogens with zero attached hydrogens (tertiary/aromatic N) is 6. The molecule has 8 nitrogen and oxygen atoms in total. The number of aromatic nitrogens is 4. The highest BCUT2D eigenvalue weighted by atomic mass is 32.1. The molecule has 0 spiro atoms. The van der Waals surface area contributed by atoms with Gasteiger partial charge >= 0.3 is 0 Å². The van der Waals surface area contributed by atoms with Crippen molar-refractivity contribution < 1.29 is 9.53 Å². The number of carbonyl (C=O) groups excluding carboxylic acids is 1. The quantitative estimate of drug-likeness (QED) is 0.601. The van der Waals surface area contributed by atoms with Crippen LogP contribution in [0, 0.1) is 5.92 Å². The first-order valence-corrected chi connectivity index (χ1v) is 10.8. The SMILES string of the molecule is CC(C)COc1cc(N2CCN(C(=O)c3csc(-c4cccnc4)n3)CC2)ncn1. The highest BCUT2D eigenvalue weighted by Crippen LogP contribution is 2.24. The van der Waals surface area contributed by atoms with E-state index in [2.05, 4.69) is 38.7 Å². The lowest BCUT2D eigenvalue weighted by Gasteiger charge is -2.35. The third-order valence-corrected chi connectivity index (χ3v) is 5.61. The van der Waals surface area contributed by atoms with Gasteiger partial charge in [-0.2, -0.15) is 0 Å². The van der Waals surface area contributed by atoms with E-state index in [9.17, 15) is 4.79 Å². The van der Waals surface area contributed by atoms with Crippen molar-refractivity contribution in [1.29, 1.82) is 0 Å². The first-order valence-electron chi connectivity index (χ1n) is 9.95. The summed E-state index contributed by atoms with van der Waals surface area (Å²) < 4.78 is 5.70. The van der Waals surface area contributed by atoms with E-state index in [1.54, 1.807) is 12.4 Å². The molecule has 4 heterocycles. The predicted molar refractivity (Wildman–Crippen MR) is 116 cm³/mol. The van der Waals surface area contributed by atoms with Crippen molar-refractivity contribution in [1.82, 2.24) is 24.8 Å². The normalized spacial score (nSPS) is 14.2. The standard InChI is InChI=1S/C21H24N6O2S/c1-15(2)12-29-19-10-18(23-14-24-19)26-6-8-27(9-7-26)21(28)17-13-30-20(25-17)16-4-3-5-22-11-16/h3-5,10-11,13-15H,6-9,12H2,1-2H3. The number of ether oxygens (including phenoxy) is 1. The molecule has 0 saturated carbocycles. The third-order valence-electron chi connectivity index (χ3n) is 4.71. The zero-order valence-corrected chi connectivity index (χ0v) is 17.9. The van der Waals surface area contributed by atoms with Crippen LogP contribution in [0.25, 0.3) is 10.6 Å². The van der Waals surface area contributed by atoms with Crippen molar-refractivity contribution in [3.8, 4) is 16.5 Å². The Morgan fingerprint density at radius 2 is 2.07 bits per heavy atom. The maximum absolute atomic E-state index is 12.9. The largest absolute Gasteiger partial charge is 0.477 e. The molecule has 1 aliphatic heterocycles. The molecule has 9 heteroatoms. The number of hydrogen-bond acceptors (Lipinski definition) is 8. The Morgan fingerprint density at radius 1 is 1.23 bits per heavy atom. The highest BCUT2D eigenvalue weighted by Gasteiger charge is 2.25. The Morgan fingerprint density at radius 3 is 2.80 bits per heavy atom. The van der Waals surface area contributed by atoms with Gasteiger partial charge in [0.05, 0.1) is 6.61 Å². The smallest absolute Gasteiger partial charge is 0.273 e.